The van der Waals surface area contributed by atoms with E-state index in [4.69, 9.17) is 0 Å². The van der Waals surface area contributed by atoms with Gasteiger partial charge in [0.25, 0.3) is 0 Å². The molecule has 3 amide bonds. The average molecular weight is 469 g/mol. The molecule has 0 bridgehead atoms. The first-order valence-corrected chi connectivity index (χ1v) is 12.8. The van der Waals surface area contributed by atoms with E-state index in [9.17, 15) is 19.5 Å². The molecule has 3 fully saturated rings. The summed E-state index contributed by atoms with van der Waals surface area (Å²) in [7, 11) is 2.16. The van der Waals surface area contributed by atoms with Gasteiger partial charge in [-0.25, -0.2) is 4.79 Å². The summed E-state index contributed by atoms with van der Waals surface area (Å²) >= 11 is 0. The highest BCUT2D eigenvalue weighted by atomic mass is 16.4. The summed E-state index contributed by atoms with van der Waals surface area (Å²) in [5.74, 6) is -0.926. The van der Waals surface area contributed by atoms with Crippen molar-refractivity contribution in [2.24, 2.45) is 5.92 Å². The maximum atomic E-state index is 13.4. The van der Waals surface area contributed by atoms with Crippen LogP contribution in [0, 0.1) is 5.92 Å². The molecular weight excluding hydrogens is 432 g/mol. The fraction of sp³-hybridized carbons (Fsp3) is 0.654. The summed E-state index contributed by atoms with van der Waals surface area (Å²) in [6.45, 7) is 3.31. The van der Waals surface area contributed by atoms with Gasteiger partial charge in [0.15, 0.2) is 0 Å². The van der Waals surface area contributed by atoms with Crippen LogP contribution in [-0.4, -0.2) is 89.6 Å². The molecule has 8 nitrogen and oxygen atoms in total. The normalized spacial score (nSPS) is 25.7. The molecule has 0 atom stereocenters. The van der Waals surface area contributed by atoms with Crippen molar-refractivity contribution in [1.82, 2.24) is 14.7 Å². The van der Waals surface area contributed by atoms with Crippen molar-refractivity contribution < 1.29 is 19.5 Å². The number of amides is 3. The van der Waals surface area contributed by atoms with E-state index in [1.807, 2.05) is 9.80 Å². The monoisotopic (exact) mass is 468 g/mol. The molecule has 2 aliphatic carbocycles. The minimum Gasteiger partial charge on any atom is -0.480 e. The summed E-state index contributed by atoms with van der Waals surface area (Å²) in [6.07, 6.45) is 6.96. The lowest BCUT2D eigenvalue weighted by Gasteiger charge is -2.39. The van der Waals surface area contributed by atoms with Crippen molar-refractivity contribution >= 4 is 23.6 Å². The maximum Gasteiger partial charge on any atom is 0.324 e. The number of hydrogen-bond donors (Lipinski definition) is 1. The number of benzene rings is 1. The van der Waals surface area contributed by atoms with Crippen molar-refractivity contribution in [2.75, 3.05) is 44.7 Å². The molecule has 184 valence electrons. The van der Waals surface area contributed by atoms with Crippen molar-refractivity contribution in [3.63, 3.8) is 0 Å². The molecule has 1 N–H and O–H groups in total. The number of nitrogens with zero attached hydrogens (tertiary/aromatic N) is 4. The molecular formula is C26H36N4O4. The number of aliphatic carboxylic acids is 1. The number of carboxylic acid groups (broad SMARTS) is 1. The van der Waals surface area contributed by atoms with Crippen molar-refractivity contribution in [1.29, 1.82) is 0 Å². The third-order valence-corrected chi connectivity index (χ3v) is 8.13. The molecule has 2 saturated carbocycles. The summed E-state index contributed by atoms with van der Waals surface area (Å²) < 4.78 is 0. The topological polar surface area (TPSA) is 84.4 Å². The lowest BCUT2D eigenvalue weighted by atomic mass is 9.89. The van der Waals surface area contributed by atoms with Crippen LogP contribution in [0.25, 0.3) is 0 Å². The summed E-state index contributed by atoms with van der Waals surface area (Å²) in [4.78, 5) is 45.2. The zero-order valence-corrected chi connectivity index (χ0v) is 20.1. The van der Waals surface area contributed by atoms with Gasteiger partial charge in [-0.3, -0.25) is 14.5 Å². The second-order valence-corrected chi connectivity index (χ2v) is 10.5. The van der Waals surface area contributed by atoms with E-state index in [0.29, 0.717) is 13.1 Å². The quantitative estimate of drug-likeness (QED) is 0.694. The molecule has 1 aromatic carbocycles. The number of rotatable bonds is 6. The number of fused-ring (bicyclic) bond motifs is 1. The highest BCUT2D eigenvalue weighted by Crippen LogP contribution is 2.35. The van der Waals surface area contributed by atoms with Gasteiger partial charge in [-0.2, -0.15) is 0 Å². The van der Waals surface area contributed by atoms with Crippen LogP contribution in [0.1, 0.15) is 49.7 Å². The number of carbonyl (C=O) groups is 3. The van der Waals surface area contributed by atoms with E-state index in [1.165, 1.54) is 11.1 Å². The largest absolute Gasteiger partial charge is 0.480 e. The molecule has 1 aromatic rings. The Balaban J connectivity index is 1.21. The minimum absolute atomic E-state index is 0.00340. The van der Waals surface area contributed by atoms with Crippen LogP contribution in [0.2, 0.25) is 0 Å². The number of anilines is 1. The summed E-state index contributed by atoms with van der Waals surface area (Å²) in [6, 6.07) is 6.70. The standard InChI is InChI=1S/C26H36N4O4/c1-27-12-10-18-4-5-23(16-20(18)11-13-27)29-15-14-28(26(29)34)21-6-8-22(9-7-21)30(17-24(31)32)25(33)19-2-3-19/h4-5,16,19,21-22H,2-3,6-15,17H2,1H3,(H,31,32). The molecule has 8 heteroatoms. The van der Waals surface area contributed by atoms with E-state index in [-0.39, 0.29) is 36.5 Å². The van der Waals surface area contributed by atoms with Gasteiger partial charge in [0.05, 0.1) is 0 Å². The van der Waals surface area contributed by atoms with Gasteiger partial charge < -0.3 is 19.8 Å². The van der Waals surface area contributed by atoms with Gasteiger partial charge in [0.1, 0.15) is 6.54 Å². The Labute approximate surface area is 201 Å². The Hall–Kier alpha value is -2.61. The van der Waals surface area contributed by atoms with Gasteiger partial charge in [-0.15, -0.1) is 0 Å². The Morgan fingerprint density at radius 2 is 1.68 bits per heavy atom. The minimum atomic E-state index is -0.950. The van der Waals surface area contributed by atoms with Crippen molar-refractivity contribution in [3.05, 3.63) is 29.3 Å². The Bertz CT molecular complexity index is 954. The highest BCUT2D eigenvalue weighted by Gasteiger charge is 2.41. The van der Waals surface area contributed by atoms with Crippen LogP contribution in [0.3, 0.4) is 0 Å². The molecule has 34 heavy (non-hydrogen) atoms. The average Bonchev–Trinajstić information content (AvgIpc) is 3.63. The van der Waals surface area contributed by atoms with Crippen LogP contribution in [0.4, 0.5) is 10.5 Å². The molecule has 0 aromatic heterocycles. The Morgan fingerprint density at radius 3 is 2.35 bits per heavy atom. The second-order valence-electron chi connectivity index (χ2n) is 10.5. The molecule has 1 saturated heterocycles. The number of hydrogen-bond acceptors (Lipinski definition) is 4. The van der Waals surface area contributed by atoms with Crippen LogP contribution < -0.4 is 4.90 Å². The molecule has 2 aliphatic heterocycles. The number of carboxylic acids is 1. The van der Waals surface area contributed by atoms with Crippen LogP contribution in [0.15, 0.2) is 18.2 Å². The smallest absolute Gasteiger partial charge is 0.324 e. The molecule has 0 spiro atoms. The first-order chi connectivity index (χ1) is 16.4. The molecule has 2 heterocycles. The maximum absolute atomic E-state index is 13.4. The van der Waals surface area contributed by atoms with Gasteiger partial charge >= 0.3 is 12.0 Å². The van der Waals surface area contributed by atoms with E-state index >= 15 is 0 Å². The van der Waals surface area contributed by atoms with Crippen molar-refractivity contribution in [2.45, 2.75) is 63.5 Å². The molecule has 4 aliphatic rings. The zero-order valence-electron chi connectivity index (χ0n) is 20.1. The Kier molecular flexibility index (Phi) is 6.51. The van der Waals surface area contributed by atoms with Gasteiger partial charge in [-0.05, 0) is 81.7 Å². The fourth-order valence-corrected chi connectivity index (χ4v) is 5.90. The fourth-order valence-electron chi connectivity index (χ4n) is 5.90. The number of carbonyl (C=O) groups excluding carboxylic acids is 2. The molecule has 5 rings (SSSR count). The lowest BCUT2D eigenvalue weighted by Crippen LogP contribution is -2.49. The molecule has 0 radical (unpaired) electrons. The first kappa shape index (κ1) is 23.1. The second kappa shape index (κ2) is 9.56. The molecule has 0 unspecified atom stereocenters. The van der Waals surface area contributed by atoms with Gasteiger partial charge in [0.2, 0.25) is 5.91 Å². The van der Waals surface area contributed by atoms with E-state index in [1.54, 1.807) is 4.90 Å². The van der Waals surface area contributed by atoms with E-state index < -0.39 is 5.97 Å². The summed E-state index contributed by atoms with van der Waals surface area (Å²) in [5, 5.41) is 9.31. The van der Waals surface area contributed by atoms with E-state index in [2.05, 4.69) is 30.1 Å². The van der Waals surface area contributed by atoms with Crippen molar-refractivity contribution in [3.8, 4) is 0 Å². The van der Waals surface area contributed by atoms with Gasteiger partial charge in [-0.1, -0.05) is 6.07 Å². The third kappa shape index (κ3) is 4.78. The summed E-state index contributed by atoms with van der Waals surface area (Å²) in [5.41, 5.74) is 3.74. The SMILES string of the molecule is CN1CCc2ccc(N3CCN(C4CCC(N(CC(=O)O)C(=O)C5CC5)CC4)C3=O)cc2CC1. The Morgan fingerprint density at radius 1 is 0.971 bits per heavy atom. The highest BCUT2D eigenvalue weighted by molar-refractivity contribution is 5.94. The zero-order chi connectivity index (χ0) is 23.8. The first-order valence-electron chi connectivity index (χ1n) is 12.8. The lowest BCUT2D eigenvalue weighted by molar-refractivity contribution is -0.147. The predicted molar refractivity (Wildman–Crippen MR) is 129 cm³/mol. The number of urea groups is 1. The van der Waals surface area contributed by atoms with Crippen LogP contribution in [0.5, 0.6) is 0 Å². The predicted octanol–water partition coefficient (Wildman–Crippen LogP) is 2.59. The number of likely N-dealkylation sites (N-methyl/N-ethyl adjacent to an activating group) is 1. The third-order valence-electron chi connectivity index (χ3n) is 8.13. The van der Waals surface area contributed by atoms with E-state index in [0.717, 1.165) is 70.1 Å². The van der Waals surface area contributed by atoms with Crippen LogP contribution in [-0.2, 0) is 22.4 Å². The van der Waals surface area contributed by atoms with Crippen LogP contribution >= 0.6 is 0 Å². The van der Waals surface area contributed by atoms with Gasteiger partial charge in [0, 0.05) is 49.9 Å².